The van der Waals surface area contributed by atoms with Gasteiger partial charge in [0.15, 0.2) is 0 Å². The van der Waals surface area contributed by atoms with Crippen molar-refractivity contribution < 1.29 is 19.7 Å². The Balaban J connectivity index is 1.83. The Labute approximate surface area is 144 Å². The van der Waals surface area contributed by atoms with Gasteiger partial charge >= 0.3 is 6.16 Å². The standard InChI is InChI=1S/C20H30O4/c1-2-3-4-5-6-7-16-8-10-17(11-9-16)20(23)14-12-18(13-15-20)24-19(21)22/h8-11,18,23H,2-7,12-15H2,1H3,(H,21,22). The van der Waals surface area contributed by atoms with Gasteiger partial charge in [0.2, 0.25) is 0 Å². The van der Waals surface area contributed by atoms with Gasteiger partial charge in [-0.2, -0.15) is 0 Å². The van der Waals surface area contributed by atoms with Crippen LogP contribution in [0.4, 0.5) is 4.79 Å². The minimum Gasteiger partial charge on any atom is -0.450 e. The van der Waals surface area contributed by atoms with Crippen LogP contribution in [0.15, 0.2) is 24.3 Å². The molecule has 1 aromatic carbocycles. The van der Waals surface area contributed by atoms with Gasteiger partial charge in [0, 0.05) is 0 Å². The topological polar surface area (TPSA) is 66.8 Å². The lowest BCUT2D eigenvalue weighted by Gasteiger charge is -2.35. The number of unbranched alkanes of at least 4 members (excludes halogenated alkanes) is 4. The summed E-state index contributed by atoms with van der Waals surface area (Å²) in [6, 6.07) is 8.29. The van der Waals surface area contributed by atoms with Gasteiger partial charge in [-0.15, -0.1) is 0 Å². The fraction of sp³-hybridized carbons (Fsp3) is 0.650. The van der Waals surface area contributed by atoms with Crippen molar-refractivity contribution in [3.8, 4) is 0 Å². The summed E-state index contributed by atoms with van der Waals surface area (Å²) in [7, 11) is 0. The zero-order valence-corrected chi connectivity index (χ0v) is 14.7. The van der Waals surface area contributed by atoms with Gasteiger partial charge in [-0.1, -0.05) is 56.9 Å². The number of aryl methyl sites for hydroxylation is 1. The fourth-order valence-electron chi connectivity index (χ4n) is 3.53. The third kappa shape index (κ3) is 5.52. The van der Waals surface area contributed by atoms with E-state index in [0.29, 0.717) is 25.7 Å². The molecule has 1 aromatic rings. The molecule has 0 atom stereocenters. The van der Waals surface area contributed by atoms with Crippen LogP contribution in [0.1, 0.15) is 75.8 Å². The lowest BCUT2D eigenvalue weighted by molar-refractivity contribution is -0.0481. The molecule has 2 rings (SSSR count). The van der Waals surface area contributed by atoms with Crippen LogP contribution in [0.5, 0.6) is 0 Å². The SMILES string of the molecule is CCCCCCCc1ccc(C2(O)CCC(OC(=O)O)CC2)cc1. The lowest BCUT2D eigenvalue weighted by atomic mass is 9.78. The molecule has 0 aliphatic heterocycles. The second-order valence-electron chi connectivity index (χ2n) is 6.98. The Kier molecular flexibility index (Phi) is 7.10. The van der Waals surface area contributed by atoms with Crippen LogP contribution in [0.3, 0.4) is 0 Å². The maximum absolute atomic E-state index is 10.9. The Bertz CT molecular complexity index is 501. The first-order valence-electron chi connectivity index (χ1n) is 9.25. The summed E-state index contributed by atoms with van der Waals surface area (Å²) in [4.78, 5) is 10.6. The van der Waals surface area contributed by atoms with Crippen molar-refractivity contribution in [1.82, 2.24) is 0 Å². The van der Waals surface area contributed by atoms with Crippen molar-refractivity contribution in [1.29, 1.82) is 0 Å². The first-order valence-corrected chi connectivity index (χ1v) is 9.25. The monoisotopic (exact) mass is 334 g/mol. The average molecular weight is 334 g/mol. The van der Waals surface area contributed by atoms with E-state index in [1.54, 1.807) is 0 Å². The second-order valence-corrected chi connectivity index (χ2v) is 6.98. The van der Waals surface area contributed by atoms with E-state index in [1.807, 2.05) is 12.1 Å². The van der Waals surface area contributed by atoms with Crippen LogP contribution in [-0.2, 0) is 16.8 Å². The minimum atomic E-state index is -1.23. The minimum absolute atomic E-state index is 0.287. The van der Waals surface area contributed by atoms with E-state index in [-0.39, 0.29) is 6.10 Å². The number of ether oxygens (including phenoxy) is 1. The average Bonchev–Trinajstić information content (AvgIpc) is 2.57. The number of hydrogen-bond donors (Lipinski definition) is 2. The summed E-state index contributed by atoms with van der Waals surface area (Å²) < 4.78 is 4.82. The zero-order chi connectivity index (χ0) is 17.4. The molecule has 0 radical (unpaired) electrons. The van der Waals surface area contributed by atoms with Crippen LogP contribution in [-0.4, -0.2) is 22.5 Å². The van der Waals surface area contributed by atoms with E-state index in [9.17, 15) is 9.90 Å². The van der Waals surface area contributed by atoms with Gasteiger partial charge in [0.05, 0.1) is 5.60 Å². The maximum Gasteiger partial charge on any atom is 0.506 e. The van der Waals surface area contributed by atoms with Crippen molar-refractivity contribution in [3.05, 3.63) is 35.4 Å². The van der Waals surface area contributed by atoms with Crippen molar-refractivity contribution in [2.24, 2.45) is 0 Å². The number of aliphatic hydroxyl groups is 1. The number of carboxylic acid groups (broad SMARTS) is 1. The molecular weight excluding hydrogens is 304 g/mol. The smallest absolute Gasteiger partial charge is 0.450 e. The van der Waals surface area contributed by atoms with E-state index >= 15 is 0 Å². The Morgan fingerprint density at radius 3 is 2.33 bits per heavy atom. The highest BCUT2D eigenvalue weighted by molar-refractivity contribution is 5.57. The van der Waals surface area contributed by atoms with Crippen molar-refractivity contribution in [2.75, 3.05) is 0 Å². The normalized spacial score (nSPS) is 23.8. The molecule has 1 fully saturated rings. The van der Waals surface area contributed by atoms with Gasteiger partial charge in [0.1, 0.15) is 6.10 Å². The molecule has 0 heterocycles. The molecule has 0 bridgehead atoms. The quantitative estimate of drug-likeness (QED) is 0.517. The first kappa shape index (κ1) is 18.8. The molecule has 0 unspecified atom stereocenters. The van der Waals surface area contributed by atoms with E-state index in [2.05, 4.69) is 19.1 Å². The first-order chi connectivity index (χ1) is 11.5. The lowest BCUT2D eigenvalue weighted by Crippen LogP contribution is -2.35. The maximum atomic E-state index is 10.9. The van der Waals surface area contributed by atoms with Crippen molar-refractivity contribution >= 4 is 6.16 Å². The van der Waals surface area contributed by atoms with Crippen LogP contribution in [0.25, 0.3) is 0 Å². The van der Waals surface area contributed by atoms with Gasteiger partial charge < -0.3 is 14.9 Å². The van der Waals surface area contributed by atoms with Crippen molar-refractivity contribution in [2.45, 2.75) is 82.8 Å². The molecule has 0 saturated heterocycles. The van der Waals surface area contributed by atoms with Gasteiger partial charge in [-0.05, 0) is 49.7 Å². The highest BCUT2D eigenvalue weighted by Gasteiger charge is 2.36. The Morgan fingerprint density at radius 1 is 1.12 bits per heavy atom. The van der Waals surface area contributed by atoms with Gasteiger partial charge in [-0.3, -0.25) is 0 Å². The number of rotatable bonds is 8. The van der Waals surface area contributed by atoms with Crippen LogP contribution in [0, 0.1) is 0 Å². The molecule has 1 aliphatic rings. The van der Waals surface area contributed by atoms with Crippen LogP contribution < -0.4 is 0 Å². The molecular formula is C20H30O4. The number of hydrogen-bond acceptors (Lipinski definition) is 3. The largest absolute Gasteiger partial charge is 0.506 e. The molecule has 2 N–H and O–H groups in total. The Hall–Kier alpha value is -1.55. The summed E-state index contributed by atoms with van der Waals surface area (Å²) in [6.45, 7) is 2.23. The van der Waals surface area contributed by atoms with Crippen molar-refractivity contribution in [3.63, 3.8) is 0 Å². The summed E-state index contributed by atoms with van der Waals surface area (Å²) in [6.07, 6.45) is 8.21. The Morgan fingerprint density at radius 2 is 1.75 bits per heavy atom. The molecule has 0 aromatic heterocycles. The van der Waals surface area contributed by atoms with E-state index in [1.165, 1.54) is 37.7 Å². The van der Waals surface area contributed by atoms with Crippen LogP contribution >= 0.6 is 0 Å². The fourth-order valence-corrected chi connectivity index (χ4v) is 3.53. The molecule has 24 heavy (non-hydrogen) atoms. The second kappa shape index (κ2) is 9.07. The molecule has 1 saturated carbocycles. The molecule has 0 spiro atoms. The van der Waals surface area contributed by atoms with Crippen LogP contribution in [0.2, 0.25) is 0 Å². The van der Waals surface area contributed by atoms with Gasteiger partial charge in [0.25, 0.3) is 0 Å². The third-order valence-electron chi connectivity index (χ3n) is 5.09. The molecule has 4 heteroatoms. The highest BCUT2D eigenvalue weighted by atomic mass is 16.7. The predicted molar refractivity (Wildman–Crippen MR) is 94.2 cm³/mol. The summed E-state index contributed by atoms with van der Waals surface area (Å²) in [5.74, 6) is 0. The summed E-state index contributed by atoms with van der Waals surface area (Å²) >= 11 is 0. The van der Waals surface area contributed by atoms with E-state index in [0.717, 1.165) is 12.0 Å². The number of carbonyl (C=O) groups is 1. The highest BCUT2D eigenvalue weighted by Crippen LogP contribution is 2.38. The molecule has 4 nitrogen and oxygen atoms in total. The number of benzene rings is 1. The predicted octanol–water partition coefficient (Wildman–Crippen LogP) is 5.02. The molecule has 0 amide bonds. The van der Waals surface area contributed by atoms with E-state index < -0.39 is 11.8 Å². The van der Waals surface area contributed by atoms with E-state index in [4.69, 9.17) is 9.84 Å². The summed E-state index contributed by atoms with van der Waals surface area (Å²) in [5, 5.41) is 19.5. The third-order valence-corrected chi connectivity index (χ3v) is 5.09. The molecule has 1 aliphatic carbocycles. The zero-order valence-electron chi connectivity index (χ0n) is 14.7. The molecule has 134 valence electrons. The van der Waals surface area contributed by atoms with Gasteiger partial charge in [-0.25, -0.2) is 4.79 Å². The summed E-state index contributed by atoms with van der Waals surface area (Å²) in [5.41, 5.74) is 1.41.